The minimum Gasteiger partial charge on any atom is -0.388 e. The molecular weight excluding hydrogens is 290 g/mol. The van der Waals surface area contributed by atoms with E-state index in [4.69, 9.17) is 0 Å². The van der Waals surface area contributed by atoms with Gasteiger partial charge in [-0.1, -0.05) is 31.7 Å². The Morgan fingerprint density at radius 3 is 2.50 bits per heavy atom. The molecule has 0 unspecified atom stereocenters. The number of halogens is 1. The van der Waals surface area contributed by atoms with E-state index in [1.54, 1.807) is 0 Å². The van der Waals surface area contributed by atoms with Crippen molar-refractivity contribution in [1.29, 1.82) is 0 Å². The first-order valence-electron chi connectivity index (χ1n) is 6.81. The number of hydrogen-bond acceptors (Lipinski definition) is 2. The standard InChI is InChI=1S/C15H22BrNO/c1-12-6-7-14(13(16)10-12)17-11-15(18)8-4-2-3-5-9-15/h6-7,10,17-18H,2-5,8-9,11H2,1H3. The molecule has 2 rings (SSSR count). The molecule has 0 amide bonds. The fourth-order valence-electron chi connectivity index (χ4n) is 2.59. The highest BCUT2D eigenvalue weighted by molar-refractivity contribution is 9.10. The Morgan fingerprint density at radius 2 is 1.89 bits per heavy atom. The van der Waals surface area contributed by atoms with E-state index in [2.05, 4.69) is 46.4 Å². The average molecular weight is 312 g/mol. The maximum Gasteiger partial charge on any atom is 0.0819 e. The van der Waals surface area contributed by atoms with Gasteiger partial charge in [-0.2, -0.15) is 0 Å². The Labute approximate surface area is 118 Å². The Balaban J connectivity index is 1.97. The van der Waals surface area contributed by atoms with Gasteiger partial charge in [-0.05, 0) is 53.4 Å². The maximum atomic E-state index is 10.6. The SMILES string of the molecule is Cc1ccc(NCC2(O)CCCCCC2)c(Br)c1. The molecule has 0 aliphatic heterocycles. The molecule has 1 aliphatic rings. The summed E-state index contributed by atoms with van der Waals surface area (Å²) < 4.78 is 1.07. The van der Waals surface area contributed by atoms with E-state index in [0.717, 1.165) is 35.8 Å². The number of anilines is 1. The molecule has 0 saturated heterocycles. The van der Waals surface area contributed by atoms with E-state index in [9.17, 15) is 5.11 Å². The fraction of sp³-hybridized carbons (Fsp3) is 0.600. The molecule has 1 aliphatic carbocycles. The van der Waals surface area contributed by atoms with Crippen LogP contribution in [0.5, 0.6) is 0 Å². The summed E-state index contributed by atoms with van der Waals surface area (Å²) >= 11 is 3.56. The number of nitrogens with one attached hydrogen (secondary N) is 1. The molecular formula is C15H22BrNO. The third kappa shape index (κ3) is 3.72. The number of hydrogen-bond donors (Lipinski definition) is 2. The second-order valence-electron chi connectivity index (χ2n) is 5.48. The zero-order valence-electron chi connectivity index (χ0n) is 11.0. The Kier molecular flexibility index (Phi) is 4.68. The monoisotopic (exact) mass is 311 g/mol. The maximum absolute atomic E-state index is 10.6. The fourth-order valence-corrected chi connectivity index (χ4v) is 3.22. The Morgan fingerprint density at radius 1 is 1.22 bits per heavy atom. The summed E-state index contributed by atoms with van der Waals surface area (Å²) in [6, 6.07) is 6.25. The van der Waals surface area contributed by atoms with E-state index in [-0.39, 0.29) is 0 Å². The highest BCUT2D eigenvalue weighted by atomic mass is 79.9. The predicted octanol–water partition coefficient (Wildman–Crippen LogP) is 4.25. The molecule has 100 valence electrons. The lowest BCUT2D eigenvalue weighted by Crippen LogP contribution is -2.36. The van der Waals surface area contributed by atoms with Crippen LogP contribution in [0.1, 0.15) is 44.1 Å². The first kappa shape index (κ1) is 13.9. The van der Waals surface area contributed by atoms with Gasteiger partial charge in [0.2, 0.25) is 0 Å². The van der Waals surface area contributed by atoms with Crippen molar-refractivity contribution < 1.29 is 5.11 Å². The highest BCUT2D eigenvalue weighted by Crippen LogP contribution is 2.29. The molecule has 0 bridgehead atoms. The number of aryl methyl sites for hydroxylation is 1. The van der Waals surface area contributed by atoms with Crippen LogP contribution in [0.2, 0.25) is 0 Å². The molecule has 0 heterocycles. The highest BCUT2D eigenvalue weighted by Gasteiger charge is 2.27. The van der Waals surface area contributed by atoms with Crippen molar-refractivity contribution >= 4 is 21.6 Å². The molecule has 1 fully saturated rings. The smallest absolute Gasteiger partial charge is 0.0819 e. The third-order valence-corrected chi connectivity index (χ3v) is 4.42. The minimum atomic E-state index is -0.527. The Bertz CT molecular complexity index is 397. The molecule has 0 spiro atoms. The summed E-state index contributed by atoms with van der Waals surface area (Å²) in [6.07, 6.45) is 6.65. The van der Waals surface area contributed by atoms with Crippen molar-refractivity contribution in [1.82, 2.24) is 0 Å². The van der Waals surface area contributed by atoms with Gasteiger partial charge in [-0.25, -0.2) is 0 Å². The lowest BCUT2D eigenvalue weighted by molar-refractivity contribution is 0.0381. The molecule has 2 N–H and O–H groups in total. The van der Waals surface area contributed by atoms with Gasteiger partial charge in [0.15, 0.2) is 0 Å². The summed E-state index contributed by atoms with van der Waals surface area (Å²) in [5.74, 6) is 0. The van der Waals surface area contributed by atoms with Gasteiger partial charge in [-0.3, -0.25) is 0 Å². The van der Waals surface area contributed by atoms with Crippen LogP contribution in [0.3, 0.4) is 0 Å². The largest absolute Gasteiger partial charge is 0.388 e. The zero-order chi connectivity index (χ0) is 13.0. The minimum absolute atomic E-state index is 0.527. The summed E-state index contributed by atoms with van der Waals surface area (Å²) in [7, 11) is 0. The van der Waals surface area contributed by atoms with Crippen LogP contribution < -0.4 is 5.32 Å². The zero-order valence-corrected chi connectivity index (χ0v) is 12.6. The molecule has 0 aromatic heterocycles. The van der Waals surface area contributed by atoms with Gasteiger partial charge in [0.1, 0.15) is 0 Å². The van der Waals surface area contributed by atoms with Crippen LogP contribution in [-0.2, 0) is 0 Å². The lowest BCUT2D eigenvalue weighted by atomic mass is 9.94. The molecule has 0 radical (unpaired) electrons. The van der Waals surface area contributed by atoms with Crippen LogP contribution in [0.4, 0.5) is 5.69 Å². The quantitative estimate of drug-likeness (QED) is 0.818. The number of rotatable bonds is 3. The molecule has 3 heteroatoms. The second-order valence-corrected chi connectivity index (χ2v) is 6.33. The molecule has 2 nitrogen and oxygen atoms in total. The Hall–Kier alpha value is -0.540. The normalized spacial score (nSPS) is 19.3. The van der Waals surface area contributed by atoms with Gasteiger partial charge < -0.3 is 10.4 Å². The molecule has 1 aromatic rings. The van der Waals surface area contributed by atoms with E-state index in [1.165, 1.54) is 18.4 Å². The first-order chi connectivity index (χ1) is 8.59. The molecule has 1 aromatic carbocycles. The van der Waals surface area contributed by atoms with Crippen LogP contribution in [-0.4, -0.2) is 17.3 Å². The summed E-state index contributed by atoms with van der Waals surface area (Å²) in [5.41, 5.74) is 1.78. The van der Waals surface area contributed by atoms with E-state index < -0.39 is 5.60 Å². The van der Waals surface area contributed by atoms with E-state index in [0.29, 0.717) is 6.54 Å². The predicted molar refractivity (Wildman–Crippen MR) is 80.0 cm³/mol. The molecule has 0 atom stereocenters. The summed E-state index contributed by atoms with van der Waals surface area (Å²) in [4.78, 5) is 0. The molecule has 1 saturated carbocycles. The van der Waals surface area contributed by atoms with E-state index in [1.807, 2.05) is 0 Å². The van der Waals surface area contributed by atoms with Crippen LogP contribution in [0.15, 0.2) is 22.7 Å². The first-order valence-corrected chi connectivity index (χ1v) is 7.61. The third-order valence-electron chi connectivity index (χ3n) is 3.77. The van der Waals surface area contributed by atoms with Crippen LogP contribution >= 0.6 is 15.9 Å². The van der Waals surface area contributed by atoms with Crippen LogP contribution in [0.25, 0.3) is 0 Å². The van der Waals surface area contributed by atoms with Crippen molar-refractivity contribution in [2.24, 2.45) is 0 Å². The summed E-state index contributed by atoms with van der Waals surface area (Å²) in [5, 5.41) is 14.0. The van der Waals surface area contributed by atoms with Gasteiger partial charge in [-0.15, -0.1) is 0 Å². The summed E-state index contributed by atoms with van der Waals surface area (Å²) in [6.45, 7) is 2.72. The second kappa shape index (κ2) is 6.07. The number of benzene rings is 1. The van der Waals surface area contributed by atoms with Crippen molar-refractivity contribution in [2.75, 3.05) is 11.9 Å². The van der Waals surface area contributed by atoms with Gasteiger partial charge in [0.25, 0.3) is 0 Å². The number of aliphatic hydroxyl groups is 1. The van der Waals surface area contributed by atoms with Gasteiger partial charge >= 0.3 is 0 Å². The molecule has 18 heavy (non-hydrogen) atoms. The van der Waals surface area contributed by atoms with Crippen molar-refractivity contribution in [2.45, 2.75) is 51.0 Å². The van der Waals surface area contributed by atoms with Crippen molar-refractivity contribution in [3.63, 3.8) is 0 Å². The van der Waals surface area contributed by atoms with Crippen molar-refractivity contribution in [3.8, 4) is 0 Å². The van der Waals surface area contributed by atoms with E-state index >= 15 is 0 Å². The van der Waals surface area contributed by atoms with Crippen molar-refractivity contribution in [3.05, 3.63) is 28.2 Å². The van der Waals surface area contributed by atoms with Gasteiger partial charge in [0, 0.05) is 16.7 Å². The average Bonchev–Trinajstić information content (AvgIpc) is 2.54. The lowest BCUT2D eigenvalue weighted by Gasteiger charge is -2.27. The topological polar surface area (TPSA) is 32.3 Å². The van der Waals surface area contributed by atoms with Gasteiger partial charge in [0.05, 0.1) is 5.60 Å². The van der Waals surface area contributed by atoms with Crippen LogP contribution in [0, 0.1) is 6.92 Å².